The van der Waals surface area contributed by atoms with Crippen molar-refractivity contribution in [1.29, 1.82) is 0 Å². The van der Waals surface area contributed by atoms with Gasteiger partial charge < -0.3 is 5.32 Å². The lowest BCUT2D eigenvalue weighted by Gasteiger charge is -2.21. The number of nitrogens with one attached hydrogen (secondary N) is 1. The second-order valence-corrected chi connectivity index (χ2v) is 4.43. The first kappa shape index (κ1) is 12.0. The van der Waals surface area contributed by atoms with Crippen LogP contribution >= 0.6 is 0 Å². The highest BCUT2D eigenvalue weighted by molar-refractivity contribution is 5.31. The van der Waals surface area contributed by atoms with Crippen molar-refractivity contribution in [2.75, 3.05) is 6.54 Å². The lowest BCUT2D eigenvalue weighted by molar-refractivity contribution is 0.479. The maximum absolute atomic E-state index is 4.35. The molecule has 0 aliphatic heterocycles. The minimum atomic E-state index is 0.362. The lowest BCUT2D eigenvalue weighted by Crippen LogP contribution is -2.31. The van der Waals surface area contributed by atoms with Crippen LogP contribution in [0.15, 0.2) is 12.4 Å². The number of nitrogens with zero attached hydrogens (tertiary/aromatic N) is 4. The van der Waals surface area contributed by atoms with Gasteiger partial charge in [0.2, 0.25) is 0 Å². The number of aromatic nitrogens is 4. The number of likely N-dealkylation sites (N-methyl/N-ethyl adjacent to an activating group) is 1. The Bertz CT molecular complexity index is 505. The van der Waals surface area contributed by atoms with Crippen LogP contribution in [0.5, 0.6) is 0 Å². The summed E-state index contributed by atoms with van der Waals surface area (Å²) in [6, 6.07) is 2.48. The predicted molar refractivity (Wildman–Crippen MR) is 67.1 cm³/mol. The number of hydrogen-bond acceptors (Lipinski definition) is 4. The lowest BCUT2D eigenvalue weighted by atomic mass is 9.99. The number of aryl methyl sites for hydroxylation is 1. The molecule has 2 heterocycles. The molecule has 0 radical (unpaired) electrons. The van der Waals surface area contributed by atoms with Crippen LogP contribution in [0.1, 0.15) is 38.1 Å². The van der Waals surface area contributed by atoms with Gasteiger partial charge in [-0.15, -0.1) is 0 Å². The van der Waals surface area contributed by atoms with E-state index in [4.69, 9.17) is 0 Å². The van der Waals surface area contributed by atoms with Gasteiger partial charge in [0, 0.05) is 17.7 Å². The topological polar surface area (TPSA) is 55.1 Å². The number of hydrogen-bond donors (Lipinski definition) is 1. The molecule has 92 valence electrons. The molecule has 2 aromatic rings. The van der Waals surface area contributed by atoms with Crippen molar-refractivity contribution >= 4 is 5.78 Å². The molecule has 0 aromatic carbocycles. The smallest absolute Gasteiger partial charge is 0.252 e. The molecule has 0 aliphatic rings. The minimum Gasteiger partial charge on any atom is -0.314 e. The Hall–Kier alpha value is -1.49. The van der Waals surface area contributed by atoms with Gasteiger partial charge >= 0.3 is 0 Å². The normalized spacial score (nSPS) is 15.1. The Morgan fingerprint density at radius 2 is 2.18 bits per heavy atom. The first-order chi connectivity index (χ1) is 8.13. The zero-order valence-corrected chi connectivity index (χ0v) is 10.8. The average Bonchev–Trinajstić information content (AvgIpc) is 2.75. The van der Waals surface area contributed by atoms with Crippen LogP contribution in [0, 0.1) is 6.92 Å². The summed E-state index contributed by atoms with van der Waals surface area (Å²) >= 11 is 0. The zero-order valence-electron chi connectivity index (χ0n) is 10.8. The van der Waals surface area contributed by atoms with Gasteiger partial charge in [-0.25, -0.2) is 9.50 Å². The fraction of sp³-hybridized carbons (Fsp3) is 0.583. The summed E-state index contributed by atoms with van der Waals surface area (Å²) in [6.45, 7) is 9.46. The molecule has 0 spiro atoms. The highest BCUT2D eigenvalue weighted by Crippen LogP contribution is 2.19. The molecule has 5 heteroatoms. The van der Waals surface area contributed by atoms with Gasteiger partial charge in [-0.3, -0.25) is 0 Å². The van der Waals surface area contributed by atoms with Gasteiger partial charge in [-0.2, -0.15) is 10.1 Å². The summed E-state index contributed by atoms with van der Waals surface area (Å²) in [5.74, 6) is 1.04. The van der Waals surface area contributed by atoms with Crippen molar-refractivity contribution in [2.24, 2.45) is 0 Å². The highest BCUT2D eigenvalue weighted by Gasteiger charge is 2.18. The maximum atomic E-state index is 4.35. The molecule has 0 amide bonds. The zero-order chi connectivity index (χ0) is 12.4. The van der Waals surface area contributed by atoms with E-state index in [1.54, 1.807) is 6.33 Å². The summed E-state index contributed by atoms with van der Waals surface area (Å²) in [7, 11) is 0. The van der Waals surface area contributed by atoms with E-state index in [0.717, 1.165) is 17.9 Å². The van der Waals surface area contributed by atoms with Crippen LogP contribution in [0.25, 0.3) is 5.78 Å². The van der Waals surface area contributed by atoms with E-state index >= 15 is 0 Å². The molecule has 2 aromatic heterocycles. The van der Waals surface area contributed by atoms with E-state index < -0.39 is 0 Å². The molecule has 2 rings (SSSR count). The van der Waals surface area contributed by atoms with Crippen molar-refractivity contribution in [1.82, 2.24) is 24.9 Å². The molecule has 0 saturated carbocycles. The fourth-order valence-electron chi connectivity index (χ4n) is 2.04. The van der Waals surface area contributed by atoms with E-state index in [9.17, 15) is 0 Å². The van der Waals surface area contributed by atoms with Gasteiger partial charge in [0.05, 0.1) is 5.69 Å². The Morgan fingerprint density at radius 3 is 2.88 bits per heavy atom. The molecule has 0 saturated heterocycles. The number of fused-ring (bicyclic) bond motifs is 1. The van der Waals surface area contributed by atoms with Gasteiger partial charge in [0.25, 0.3) is 5.78 Å². The highest BCUT2D eigenvalue weighted by atomic mass is 15.3. The molecule has 2 atom stereocenters. The van der Waals surface area contributed by atoms with E-state index in [1.807, 2.05) is 11.4 Å². The van der Waals surface area contributed by atoms with Gasteiger partial charge in [0.1, 0.15) is 6.33 Å². The van der Waals surface area contributed by atoms with Crippen LogP contribution in [0.2, 0.25) is 0 Å². The Kier molecular flexibility index (Phi) is 3.38. The van der Waals surface area contributed by atoms with Crippen molar-refractivity contribution in [2.45, 2.75) is 39.7 Å². The second kappa shape index (κ2) is 4.79. The van der Waals surface area contributed by atoms with Crippen LogP contribution in [-0.4, -0.2) is 32.2 Å². The molecular weight excluding hydrogens is 214 g/mol. The van der Waals surface area contributed by atoms with Crippen molar-refractivity contribution in [3.05, 3.63) is 23.8 Å². The largest absolute Gasteiger partial charge is 0.314 e. The van der Waals surface area contributed by atoms with Crippen LogP contribution in [0.4, 0.5) is 0 Å². The summed E-state index contributed by atoms with van der Waals surface area (Å²) < 4.78 is 1.82. The third-order valence-electron chi connectivity index (χ3n) is 3.15. The molecule has 17 heavy (non-hydrogen) atoms. The Morgan fingerprint density at radius 1 is 1.41 bits per heavy atom. The first-order valence-corrected chi connectivity index (χ1v) is 6.04. The van der Waals surface area contributed by atoms with Gasteiger partial charge in [-0.1, -0.05) is 13.8 Å². The van der Waals surface area contributed by atoms with Crippen LogP contribution < -0.4 is 5.32 Å². The monoisotopic (exact) mass is 233 g/mol. The maximum Gasteiger partial charge on any atom is 0.252 e. The fourth-order valence-corrected chi connectivity index (χ4v) is 2.04. The third-order valence-corrected chi connectivity index (χ3v) is 3.15. The quantitative estimate of drug-likeness (QED) is 0.870. The second-order valence-electron chi connectivity index (χ2n) is 4.43. The Balaban J connectivity index is 2.43. The predicted octanol–water partition coefficient (Wildman–Crippen LogP) is 1.53. The molecule has 2 unspecified atom stereocenters. The van der Waals surface area contributed by atoms with Crippen LogP contribution in [-0.2, 0) is 0 Å². The standard InChI is InChI=1S/C12H19N5/c1-5-13-10(4)9(3)11-6-8(2)16-12-14-7-15-17(11)12/h6-7,9-10,13H,5H2,1-4H3. The van der Waals surface area contributed by atoms with Crippen LogP contribution in [0.3, 0.4) is 0 Å². The van der Waals surface area contributed by atoms with E-state index in [0.29, 0.717) is 17.7 Å². The van der Waals surface area contributed by atoms with Crippen molar-refractivity contribution < 1.29 is 0 Å². The summed E-state index contributed by atoms with van der Waals surface area (Å²) in [6.07, 6.45) is 1.55. The summed E-state index contributed by atoms with van der Waals surface area (Å²) in [5, 5.41) is 7.68. The molecular formula is C12H19N5. The summed E-state index contributed by atoms with van der Waals surface area (Å²) in [5.41, 5.74) is 2.13. The first-order valence-electron chi connectivity index (χ1n) is 6.04. The SMILES string of the molecule is CCNC(C)C(C)c1cc(C)nc2ncnn12. The van der Waals surface area contributed by atoms with Gasteiger partial charge in [0.15, 0.2) is 0 Å². The number of rotatable bonds is 4. The average molecular weight is 233 g/mol. The van der Waals surface area contributed by atoms with E-state index in [-0.39, 0.29) is 0 Å². The molecule has 5 nitrogen and oxygen atoms in total. The molecule has 0 fully saturated rings. The Labute approximate surface area is 101 Å². The van der Waals surface area contributed by atoms with Gasteiger partial charge in [-0.05, 0) is 26.5 Å². The van der Waals surface area contributed by atoms with Crippen molar-refractivity contribution in [3.8, 4) is 0 Å². The minimum absolute atomic E-state index is 0.362. The third kappa shape index (κ3) is 2.29. The molecule has 0 bridgehead atoms. The molecule has 0 aliphatic carbocycles. The van der Waals surface area contributed by atoms with E-state index in [2.05, 4.69) is 47.2 Å². The van der Waals surface area contributed by atoms with E-state index in [1.165, 1.54) is 0 Å². The summed E-state index contributed by atoms with van der Waals surface area (Å²) in [4.78, 5) is 8.50. The van der Waals surface area contributed by atoms with Crippen molar-refractivity contribution in [3.63, 3.8) is 0 Å². The molecule has 1 N–H and O–H groups in total.